The summed E-state index contributed by atoms with van der Waals surface area (Å²) in [6.45, 7) is 2.29. The van der Waals surface area contributed by atoms with Crippen molar-refractivity contribution in [3.8, 4) is 0 Å². The van der Waals surface area contributed by atoms with Crippen LogP contribution in [0, 0.1) is 16.7 Å². The third kappa shape index (κ3) is 1.06. The van der Waals surface area contributed by atoms with Crippen LogP contribution in [0.25, 0.3) is 0 Å². The summed E-state index contributed by atoms with van der Waals surface area (Å²) in [4.78, 5) is 11.9. The number of halogens is 2. The molecule has 2 bridgehead atoms. The number of hydrogen-bond donors (Lipinski definition) is 0. The summed E-state index contributed by atoms with van der Waals surface area (Å²) in [7, 11) is 0. The first-order chi connectivity index (χ1) is 6.10. The lowest BCUT2D eigenvalue weighted by molar-refractivity contribution is -0.127. The van der Waals surface area contributed by atoms with Crippen LogP contribution in [-0.4, -0.2) is 15.5 Å². The third-order valence-corrected chi connectivity index (χ3v) is 6.85. The van der Waals surface area contributed by atoms with Gasteiger partial charge in [-0.05, 0) is 24.2 Å². The molecular formula is C10H14BrIO. The van der Waals surface area contributed by atoms with Crippen LogP contribution in [-0.2, 0) is 4.79 Å². The molecule has 1 unspecified atom stereocenters. The second-order valence-electron chi connectivity index (χ2n) is 4.63. The van der Waals surface area contributed by atoms with E-state index in [0.717, 1.165) is 22.6 Å². The maximum atomic E-state index is 11.9. The lowest BCUT2D eigenvalue weighted by Crippen LogP contribution is -2.40. The fraction of sp³-hybridized carbons (Fsp3) is 0.900. The highest BCUT2D eigenvalue weighted by Crippen LogP contribution is 2.65. The van der Waals surface area contributed by atoms with Gasteiger partial charge in [0.1, 0.15) is 5.78 Å². The van der Waals surface area contributed by atoms with Crippen molar-refractivity contribution in [1.29, 1.82) is 0 Å². The van der Waals surface area contributed by atoms with E-state index in [4.69, 9.17) is 0 Å². The Morgan fingerprint density at radius 1 is 1.69 bits per heavy atom. The van der Waals surface area contributed by atoms with Crippen LogP contribution >= 0.6 is 38.5 Å². The maximum Gasteiger partial charge on any atom is 0.140 e. The van der Waals surface area contributed by atoms with Crippen LogP contribution in [0.15, 0.2) is 0 Å². The van der Waals surface area contributed by atoms with Gasteiger partial charge in [-0.1, -0.05) is 45.4 Å². The van der Waals surface area contributed by atoms with E-state index >= 15 is 0 Å². The van der Waals surface area contributed by atoms with E-state index in [9.17, 15) is 4.79 Å². The average Bonchev–Trinajstić information content (AvgIpc) is 2.53. The molecular weight excluding hydrogens is 343 g/mol. The van der Waals surface area contributed by atoms with Gasteiger partial charge >= 0.3 is 0 Å². The first-order valence-electron chi connectivity index (χ1n) is 4.76. The van der Waals surface area contributed by atoms with Crippen molar-refractivity contribution in [3.63, 3.8) is 0 Å². The Hall–Kier alpha value is 0.880. The standard InChI is InChI=1S/C10H14BrIO/c1-9(5-11)7-2-3-10(9,6-12)8(13)4-7/h7H,2-6H2,1H3/t7-,9?,10-/m1/s1. The molecule has 2 rings (SSSR count). The molecule has 0 N–H and O–H groups in total. The van der Waals surface area contributed by atoms with Gasteiger partial charge in [-0.25, -0.2) is 0 Å². The van der Waals surface area contributed by atoms with Crippen molar-refractivity contribution in [2.45, 2.75) is 26.2 Å². The van der Waals surface area contributed by atoms with Crippen molar-refractivity contribution in [3.05, 3.63) is 0 Å². The smallest absolute Gasteiger partial charge is 0.140 e. The summed E-state index contributed by atoms with van der Waals surface area (Å²) >= 11 is 5.99. The van der Waals surface area contributed by atoms with Crippen molar-refractivity contribution < 1.29 is 4.79 Å². The summed E-state index contributed by atoms with van der Waals surface area (Å²) in [5, 5.41) is 0.986. The molecule has 0 aromatic rings. The monoisotopic (exact) mass is 356 g/mol. The molecule has 3 atom stereocenters. The van der Waals surface area contributed by atoms with Crippen LogP contribution in [0.1, 0.15) is 26.2 Å². The predicted molar refractivity (Wildman–Crippen MR) is 65.6 cm³/mol. The zero-order valence-corrected chi connectivity index (χ0v) is 11.5. The normalized spacial score (nSPS) is 48.8. The molecule has 2 aliphatic carbocycles. The van der Waals surface area contributed by atoms with Crippen molar-refractivity contribution >= 4 is 44.3 Å². The summed E-state index contributed by atoms with van der Waals surface area (Å²) < 4.78 is 1.00. The zero-order chi connectivity index (χ0) is 9.69. The molecule has 0 aromatic heterocycles. The Kier molecular flexibility index (Phi) is 2.55. The zero-order valence-electron chi connectivity index (χ0n) is 7.78. The first-order valence-corrected chi connectivity index (χ1v) is 7.41. The Morgan fingerprint density at radius 2 is 2.38 bits per heavy atom. The van der Waals surface area contributed by atoms with Crippen molar-refractivity contribution in [2.24, 2.45) is 16.7 Å². The topological polar surface area (TPSA) is 17.1 Å². The highest BCUT2D eigenvalue weighted by atomic mass is 127. The maximum absolute atomic E-state index is 11.9. The molecule has 3 heteroatoms. The van der Waals surface area contributed by atoms with Crippen LogP contribution in [0.3, 0.4) is 0 Å². The average molecular weight is 357 g/mol. The quantitative estimate of drug-likeness (QED) is 0.548. The van der Waals surface area contributed by atoms with Crippen LogP contribution in [0.2, 0.25) is 0 Å². The minimum Gasteiger partial charge on any atom is -0.299 e. The summed E-state index contributed by atoms with van der Waals surface area (Å²) in [5.74, 6) is 1.18. The van der Waals surface area contributed by atoms with Gasteiger partial charge in [0.25, 0.3) is 0 Å². The number of Topliss-reactive ketones (excluding diaryl/α,β-unsaturated/α-hetero) is 1. The SMILES string of the molecule is CC1(CBr)[C@@H]2CC[C@@]1(CI)C(=O)C2. The molecule has 74 valence electrons. The number of rotatable bonds is 2. The largest absolute Gasteiger partial charge is 0.299 e. The van der Waals surface area contributed by atoms with Crippen LogP contribution in [0.4, 0.5) is 0 Å². The van der Waals surface area contributed by atoms with E-state index in [1.807, 2.05) is 0 Å². The van der Waals surface area contributed by atoms with Gasteiger partial charge in [0.2, 0.25) is 0 Å². The molecule has 0 radical (unpaired) electrons. The predicted octanol–water partition coefficient (Wildman–Crippen LogP) is 3.19. The van der Waals surface area contributed by atoms with Crippen molar-refractivity contribution in [2.75, 3.05) is 9.76 Å². The number of alkyl halides is 2. The van der Waals surface area contributed by atoms with E-state index in [-0.39, 0.29) is 10.8 Å². The summed E-state index contributed by atoms with van der Waals surface area (Å²) in [6.07, 6.45) is 3.23. The van der Waals surface area contributed by atoms with E-state index in [2.05, 4.69) is 45.4 Å². The van der Waals surface area contributed by atoms with Gasteiger partial charge in [-0.3, -0.25) is 4.79 Å². The van der Waals surface area contributed by atoms with E-state index in [0.29, 0.717) is 11.7 Å². The molecule has 2 fully saturated rings. The Labute approximate surface area is 101 Å². The minimum atomic E-state index is 0.0156. The molecule has 2 aliphatic rings. The second-order valence-corrected chi connectivity index (χ2v) is 5.95. The van der Waals surface area contributed by atoms with Gasteiger partial charge < -0.3 is 0 Å². The molecule has 0 heterocycles. The number of hydrogen-bond acceptors (Lipinski definition) is 1. The van der Waals surface area contributed by atoms with Gasteiger partial charge in [-0.15, -0.1) is 0 Å². The van der Waals surface area contributed by atoms with E-state index < -0.39 is 0 Å². The fourth-order valence-electron chi connectivity index (χ4n) is 3.15. The third-order valence-electron chi connectivity index (χ3n) is 4.39. The lowest BCUT2D eigenvalue weighted by Gasteiger charge is -2.36. The van der Waals surface area contributed by atoms with E-state index in [1.165, 1.54) is 6.42 Å². The van der Waals surface area contributed by atoms with Crippen molar-refractivity contribution in [1.82, 2.24) is 0 Å². The van der Waals surface area contributed by atoms with Gasteiger partial charge in [0, 0.05) is 21.6 Å². The Morgan fingerprint density at radius 3 is 2.77 bits per heavy atom. The van der Waals surface area contributed by atoms with E-state index in [1.54, 1.807) is 0 Å². The molecule has 2 saturated carbocycles. The molecule has 0 saturated heterocycles. The first kappa shape index (κ1) is 10.4. The number of ketones is 1. The lowest BCUT2D eigenvalue weighted by atomic mass is 9.70. The summed E-state index contributed by atoms with van der Waals surface area (Å²) in [5.41, 5.74) is 0.257. The second kappa shape index (κ2) is 3.19. The molecule has 0 aromatic carbocycles. The molecule has 13 heavy (non-hydrogen) atoms. The summed E-state index contributed by atoms with van der Waals surface area (Å²) in [6, 6.07) is 0. The highest BCUT2D eigenvalue weighted by Gasteiger charge is 2.65. The number of fused-ring (bicyclic) bond motifs is 2. The molecule has 0 spiro atoms. The Bertz CT molecular complexity index is 255. The Balaban J connectivity index is 2.45. The van der Waals surface area contributed by atoms with Crippen LogP contribution in [0.5, 0.6) is 0 Å². The molecule has 0 amide bonds. The fourth-order valence-corrected chi connectivity index (χ4v) is 5.82. The highest BCUT2D eigenvalue weighted by molar-refractivity contribution is 14.1. The minimum absolute atomic E-state index is 0.0156. The van der Waals surface area contributed by atoms with Gasteiger partial charge in [-0.2, -0.15) is 0 Å². The van der Waals surface area contributed by atoms with Crippen LogP contribution < -0.4 is 0 Å². The molecule has 1 nitrogen and oxygen atoms in total. The number of carbonyl (C=O) groups excluding carboxylic acids is 1. The van der Waals surface area contributed by atoms with Gasteiger partial charge in [0.15, 0.2) is 0 Å². The molecule has 0 aliphatic heterocycles. The van der Waals surface area contributed by atoms with Gasteiger partial charge in [0.05, 0.1) is 0 Å². The number of carbonyl (C=O) groups is 1.